The van der Waals surface area contributed by atoms with E-state index in [0.29, 0.717) is 6.42 Å². The van der Waals surface area contributed by atoms with Gasteiger partial charge in [-0.05, 0) is 35.1 Å². The maximum Gasteiger partial charge on any atom is 0.302 e. The standard InChI is InChI=1S/C21H18O3/c1-14(22)24-13-21(12-16-7-3-5-9-18(16)20(21)23)19-11-10-15-6-2-4-8-17(15)19/h2-9,11H,10,12-13H2,1H3. The summed E-state index contributed by atoms with van der Waals surface area (Å²) in [6, 6.07) is 15.8. The number of benzene rings is 2. The molecule has 3 heteroatoms. The van der Waals surface area contributed by atoms with E-state index in [1.807, 2.05) is 36.4 Å². The van der Waals surface area contributed by atoms with Crippen LogP contribution in [0.3, 0.4) is 0 Å². The van der Waals surface area contributed by atoms with Crippen molar-refractivity contribution in [3.8, 4) is 0 Å². The number of Topliss-reactive ketones (excluding diaryl/α,β-unsaturated/α-hetero) is 1. The Balaban J connectivity index is 1.83. The molecule has 4 rings (SSSR count). The molecule has 2 aromatic rings. The lowest BCUT2D eigenvalue weighted by molar-refractivity contribution is -0.142. The number of carbonyl (C=O) groups is 2. The SMILES string of the molecule is CC(=O)OCC1(C2=CCc3ccccc32)Cc2ccccc2C1=O. The Morgan fingerprint density at radius 2 is 1.71 bits per heavy atom. The molecule has 1 unspecified atom stereocenters. The lowest BCUT2D eigenvalue weighted by Gasteiger charge is -2.29. The third kappa shape index (κ3) is 2.12. The summed E-state index contributed by atoms with van der Waals surface area (Å²) in [4.78, 5) is 24.7. The molecule has 0 amide bonds. The fourth-order valence-electron chi connectivity index (χ4n) is 3.93. The van der Waals surface area contributed by atoms with Gasteiger partial charge in [0.15, 0.2) is 5.78 Å². The quantitative estimate of drug-likeness (QED) is 0.812. The van der Waals surface area contributed by atoms with E-state index >= 15 is 0 Å². The topological polar surface area (TPSA) is 43.4 Å². The first-order chi connectivity index (χ1) is 11.6. The zero-order chi connectivity index (χ0) is 16.7. The van der Waals surface area contributed by atoms with Crippen LogP contribution in [0.4, 0.5) is 0 Å². The van der Waals surface area contributed by atoms with Crippen molar-refractivity contribution in [1.29, 1.82) is 0 Å². The van der Waals surface area contributed by atoms with Crippen molar-refractivity contribution in [3.05, 3.63) is 76.9 Å². The summed E-state index contributed by atoms with van der Waals surface area (Å²) in [5.41, 5.74) is 4.29. The molecule has 0 aromatic heterocycles. The van der Waals surface area contributed by atoms with E-state index in [0.717, 1.165) is 28.7 Å². The number of fused-ring (bicyclic) bond motifs is 2. The van der Waals surface area contributed by atoms with E-state index in [4.69, 9.17) is 4.74 Å². The molecule has 0 heterocycles. The average Bonchev–Trinajstić information content (AvgIpc) is 3.14. The number of hydrogen-bond acceptors (Lipinski definition) is 3. The number of hydrogen-bond donors (Lipinski definition) is 0. The van der Waals surface area contributed by atoms with Crippen LogP contribution < -0.4 is 0 Å². The normalized spacial score (nSPS) is 21.2. The third-order valence-electron chi connectivity index (χ3n) is 5.06. The zero-order valence-corrected chi connectivity index (χ0v) is 13.5. The second-order valence-corrected chi connectivity index (χ2v) is 6.50. The molecule has 0 radical (unpaired) electrons. The van der Waals surface area contributed by atoms with Crippen LogP contribution >= 0.6 is 0 Å². The van der Waals surface area contributed by atoms with E-state index in [9.17, 15) is 9.59 Å². The van der Waals surface area contributed by atoms with E-state index in [1.54, 1.807) is 0 Å². The largest absolute Gasteiger partial charge is 0.464 e. The molecule has 2 aliphatic rings. The summed E-state index contributed by atoms with van der Waals surface area (Å²) in [7, 11) is 0. The van der Waals surface area contributed by atoms with Gasteiger partial charge in [-0.1, -0.05) is 54.6 Å². The van der Waals surface area contributed by atoms with Crippen molar-refractivity contribution in [1.82, 2.24) is 0 Å². The van der Waals surface area contributed by atoms with E-state index in [1.165, 1.54) is 12.5 Å². The molecule has 0 N–H and O–H groups in total. The number of rotatable bonds is 3. The Morgan fingerprint density at radius 1 is 1.04 bits per heavy atom. The Morgan fingerprint density at radius 3 is 2.42 bits per heavy atom. The third-order valence-corrected chi connectivity index (χ3v) is 5.06. The molecular formula is C21H18O3. The first-order valence-electron chi connectivity index (χ1n) is 8.17. The fraction of sp³-hybridized carbons (Fsp3) is 0.238. The van der Waals surface area contributed by atoms with Crippen molar-refractivity contribution in [3.63, 3.8) is 0 Å². The average molecular weight is 318 g/mol. The van der Waals surface area contributed by atoms with Gasteiger partial charge in [0.05, 0.1) is 5.41 Å². The number of esters is 1. The molecule has 0 aliphatic heterocycles. The van der Waals surface area contributed by atoms with Crippen LogP contribution in [-0.2, 0) is 22.4 Å². The molecule has 0 spiro atoms. The first-order valence-corrected chi connectivity index (χ1v) is 8.17. The lowest BCUT2D eigenvalue weighted by Crippen LogP contribution is -2.35. The molecule has 2 aromatic carbocycles. The number of ketones is 1. The van der Waals surface area contributed by atoms with Gasteiger partial charge >= 0.3 is 5.97 Å². The highest BCUT2D eigenvalue weighted by Crippen LogP contribution is 2.49. The molecular weight excluding hydrogens is 300 g/mol. The smallest absolute Gasteiger partial charge is 0.302 e. The van der Waals surface area contributed by atoms with Crippen molar-refractivity contribution >= 4 is 17.3 Å². The van der Waals surface area contributed by atoms with Crippen LogP contribution in [0.1, 0.15) is 34.0 Å². The van der Waals surface area contributed by atoms with Crippen molar-refractivity contribution < 1.29 is 14.3 Å². The van der Waals surface area contributed by atoms with E-state index in [-0.39, 0.29) is 18.4 Å². The highest BCUT2D eigenvalue weighted by atomic mass is 16.5. The molecule has 2 aliphatic carbocycles. The van der Waals surface area contributed by atoms with Gasteiger partial charge in [-0.25, -0.2) is 0 Å². The van der Waals surface area contributed by atoms with Crippen molar-refractivity contribution in [2.75, 3.05) is 6.61 Å². The molecule has 0 fully saturated rings. The van der Waals surface area contributed by atoms with E-state index < -0.39 is 5.41 Å². The van der Waals surface area contributed by atoms with Crippen LogP contribution in [0.5, 0.6) is 0 Å². The van der Waals surface area contributed by atoms with Crippen LogP contribution in [0, 0.1) is 5.41 Å². The molecule has 24 heavy (non-hydrogen) atoms. The van der Waals surface area contributed by atoms with Gasteiger partial charge in [0.2, 0.25) is 0 Å². The summed E-state index contributed by atoms with van der Waals surface area (Å²) in [6.07, 6.45) is 3.52. The predicted molar refractivity (Wildman–Crippen MR) is 91.7 cm³/mol. The summed E-state index contributed by atoms with van der Waals surface area (Å²) in [6.45, 7) is 1.48. The number of allylic oxidation sites excluding steroid dienone is 1. The summed E-state index contributed by atoms with van der Waals surface area (Å²) < 4.78 is 5.36. The fourth-order valence-corrected chi connectivity index (χ4v) is 3.93. The molecule has 3 nitrogen and oxygen atoms in total. The lowest BCUT2D eigenvalue weighted by atomic mass is 9.75. The second-order valence-electron chi connectivity index (χ2n) is 6.50. The van der Waals surface area contributed by atoms with Crippen LogP contribution in [0.25, 0.3) is 5.57 Å². The zero-order valence-electron chi connectivity index (χ0n) is 13.5. The second kappa shape index (κ2) is 5.45. The molecule has 0 saturated heterocycles. The van der Waals surface area contributed by atoms with Gasteiger partial charge in [-0.2, -0.15) is 0 Å². The minimum Gasteiger partial charge on any atom is -0.464 e. The van der Waals surface area contributed by atoms with Gasteiger partial charge in [-0.3, -0.25) is 9.59 Å². The minimum atomic E-state index is -0.804. The maximum atomic E-state index is 13.3. The Hall–Kier alpha value is -2.68. The van der Waals surface area contributed by atoms with Crippen LogP contribution in [-0.4, -0.2) is 18.4 Å². The molecule has 0 saturated carbocycles. The number of ether oxygens (including phenoxy) is 1. The number of carbonyl (C=O) groups excluding carboxylic acids is 2. The first kappa shape index (κ1) is 14.9. The van der Waals surface area contributed by atoms with Gasteiger partial charge in [-0.15, -0.1) is 0 Å². The summed E-state index contributed by atoms with van der Waals surface area (Å²) in [5.74, 6) is -0.299. The van der Waals surface area contributed by atoms with Crippen molar-refractivity contribution in [2.45, 2.75) is 19.8 Å². The Kier molecular flexibility index (Phi) is 3.38. The van der Waals surface area contributed by atoms with Gasteiger partial charge in [0, 0.05) is 12.5 Å². The van der Waals surface area contributed by atoms with Crippen LogP contribution in [0.2, 0.25) is 0 Å². The molecule has 120 valence electrons. The summed E-state index contributed by atoms with van der Waals surface area (Å²) >= 11 is 0. The molecule has 1 atom stereocenters. The Bertz CT molecular complexity index is 878. The van der Waals surface area contributed by atoms with Gasteiger partial charge in [0.1, 0.15) is 6.61 Å². The highest BCUT2D eigenvalue weighted by molar-refractivity contribution is 6.12. The Labute approximate surface area is 141 Å². The summed E-state index contributed by atoms with van der Waals surface area (Å²) in [5, 5.41) is 0. The van der Waals surface area contributed by atoms with Gasteiger partial charge < -0.3 is 4.74 Å². The maximum absolute atomic E-state index is 13.3. The van der Waals surface area contributed by atoms with Gasteiger partial charge in [0.25, 0.3) is 0 Å². The molecule has 0 bridgehead atoms. The predicted octanol–water partition coefficient (Wildman–Crippen LogP) is 3.61. The highest BCUT2D eigenvalue weighted by Gasteiger charge is 2.50. The minimum absolute atomic E-state index is 0.0577. The van der Waals surface area contributed by atoms with E-state index in [2.05, 4.69) is 18.2 Å². The van der Waals surface area contributed by atoms with Crippen molar-refractivity contribution in [2.24, 2.45) is 5.41 Å². The monoisotopic (exact) mass is 318 g/mol. The van der Waals surface area contributed by atoms with Crippen LogP contribution in [0.15, 0.2) is 54.6 Å².